The Kier molecular flexibility index (Phi) is 5.95. The van der Waals surface area contributed by atoms with Crippen molar-refractivity contribution >= 4 is 28.9 Å². The fraction of sp³-hybridized carbons (Fsp3) is 0.364. The van der Waals surface area contributed by atoms with Crippen molar-refractivity contribution in [3.8, 4) is 0 Å². The number of carbonyl (C=O) groups is 2. The van der Waals surface area contributed by atoms with Gasteiger partial charge in [-0.05, 0) is 32.0 Å². The van der Waals surface area contributed by atoms with Gasteiger partial charge in [-0.25, -0.2) is 14.3 Å². The van der Waals surface area contributed by atoms with E-state index in [-0.39, 0.29) is 23.5 Å². The standard InChI is InChI=1S/C22H25N5O5/c1-13-16(14(2)27-19(23-13)12-21(29)25-27)11-20(28)24-18-5-4-15(10-17(18)22(30)31-3)26-6-8-32-9-7-26/h4-5,10,12H,6-9,11H2,1-3H3,(H,24,28)(H,25,29). The van der Waals surface area contributed by atoms with Gasteiger partial charge in [-0.15, -0.1) is 0 Å². The second-order valence-electron chi connectivity index (χ2n) is 7.62. The Labute approximate surface area is 184 Å². The maximum atomic E-state index is 12.9. The van der Waals surface area contributed by atoms with E-state index in [2.05, 4.69) is 20.3 Å². The molecule has 1 aliphatic heterocycles. The summed E-state index contributed by atoms with van der Waals surface area (Å²) in [6.07, 6.45) is 0.0344. The third kappa shape index (κ3) is 4.22. The highest BCUT2D eigenvalue weighted by atomic mass is 16.5. The van der Waals surface area contributed by atoms with Crippen LogP contribution in [0, 0.1) is 13.8 Å². The Morgan fingerprint density at radius 1 is 1.22 bits per heavy atom. The third-order valence-electron chi connectivity index (χ3n) is 5.60. The number of aryl methyl sites for hydroxylation is 2. The van der Waals surface area contributed by atoms with E-state index in [0.29, 0.717) is 35.8 Å². The molecule has 1 amide bonds. The lowest BCUT2D eigenvalue weighted by Crippen LogP contribution is -2.36. The molecule has 32 heavy (non-hydrogen) atoms. The molecule has 0 radical (unpaired) electrons. The second kappa shape index (κ2) is 8.83. The van der Waals surface area contributed by atoms with Crippen molar-refractivity contribution in [3.05, 3.63) is 57.1 Å². The van der Waals surface area contributed by atoms with Gasteiger partial charge in [0, 0.05) is 41.8 Å². The number of carbonyl (C=O) groups excluding carboxylic acids is 2. The van der Waals surface area contributed by atoms with Crippen LogP contribution in [0.3, 0.4) is 0 Å². The summed E-state index contributed by atoms with van der Waals surface area (Å²) in [5, 5.41) is 5.50. The van der Waals surface area contributed by atoms with Crippen LogP contribution in [0.4, 0.5) is 11.4 Å². The molecule has 2 aromatic heterocycles. The predicted octanol–water partition coefficient (Wildman–Crippen LogP) is 1.44. The SMILES string of the molecule is COC(=O)c1cc(N2CCOCC2)ccc1NC(=O)Cc1c(C)nc2cc(=O)[nH]n2c1C. The molecular formula is C22H25N5O5. The quantitative estimate of drug-likeness (QED) is 0.578. The van der Waals surface area contributed by atoms with Gasteiger partial charge in [0.2, 0.25) is 5.91 Å². The number of morpholine rings is 1. The molecule has 3 aromatic rings. The number of methoxy groups -OCH3 is 1. The number of aromatic amines is 1. The van der Waals surface area contributed by atoms with E-state index in [4.69, 9.17) is 9.47 Å². The molecule has 4 rings (SSSR count). The fourth-order valence-electron chi connectivity index (χ4n) is 3.90. The number of H-pyrrole nitrogens is 1. The zero-order valence-corrected chi connectivity index (χ0v) is 18.2. The van der Waals surface area contributed by atoms with E-state index >= 15 is 0 Å². The summed E-state index contributed by atoms with van der Waals surface area (Å²) in [4.78, 5) is 43.4. The Morgan fingerprint density at radius 3 is 2.69 bits per heavy atom. The summed E-state index contributed by atoms with van der Waals surface area (Å²) in [6.45, 7) is 6.30. The second-order valence-corrected chi connectivity index (χ2v) is 7.62. The normalized spacial score (nSPS) is 13.9. The van der Waals surface area contributed by atoms with Crippen LogP contribution in [-0.2, 0) is 20.7 Å². The lowest BCUT2D eigenvalue weighted by atomic mass is 10.1. The first-order chi connectivity index (χ1) is 15.4. The van der Waals surface area contributed by atoms with Gasteiger partial charge in [0.25, 0.3) is 5.56 Å². The number of hydrogen-bond donors (Lipinski definition) is 2. The fourth-order valence-corrected chi connectivity index (χ4v) is 3.90. The van der Waals surface area contributed by atoms with Crippen molar-refractivity contribution < 1.29 is 19.1 Å². The highest BCUT2D eigenvalue weighted by Gasteiger charge is 2.20. The number of fused-ring (bicyclic) bond motifs is 1. The minimum atomic E-state index is -0.532. The molecule has 10 heteroatoms. The molecule has 0 unspecified atom stereocenters. The third-order valence-corrected chi connectivity index (χ3v) is 5.60. The molecule has 0 saturated carbocycles. The monoisotopic (exact) mass is 439 g/mol. The predicted molar refractivity (Wildman–Crippen MR) is 118 cm³/mol. The number of rotatable bonds is 5. The molecule has 1 saturated heterocycles. The van der Waals surface area contributed by atoms with E-state index < -0.39 is 5.97 Å². The number of nitrogens with zero attached hydrogens (tertiary/aromatic N) is 3. The van der Waals surface area contributed by atoms with E-state index in [1.54, 1.807) is 23.6 Å². The maximum absolute atomic E-state index is 12.9. The van der Waals surface area contributed by atoms with Gasteiger partial charge in [0.1, 0.15) is 0 Å². The minimum absolute atomic E-state index is 0.0344. The smallest absolute Gasteiger partial charge is 0.340 e. The topological polar surface area (TPSA) is 118 Å². The molecule has 1 fully saturated rings. The molecule has 3 heterocycles. The zero-order chi connectivity index (χ0) is 22.8. The van der Waals surface area contributed by atoms with E-state index in [0.717, 1.165) is 24.5 Å². The lowest BCUT2D eigenvalue weighted by Gasteiger charge is -2.29. The van der Waals surface area contributed by atoms with Crippen molar-refractivity contribution in [2.45, 2.75) is 20.3 Å². The Hall–Kier alpha value is -3.66. The van der Waals surface area contributed by atoms with Crippen molar-refractivity contribution in [2.75, 3.05) is 43.6 Å². The van der Waals surface area contributed by atoms with Gasteiger partial charge >= 0.3 is 5.97 Å². The summed E-state index contributed by atoms with van der Waals surface area (Å²) in [7, 11) is 1.31. The first-order valence-electron chi connectivity index (χ1n) is 10.3. The highest BCUT2D eigenvalue weighted by molar-refractivity contribution is 6.02. The molecule has 1 aliphatic rings. The average molecular weight is 439 g/mol. The number of amides is 1. The van der Waals surface area contributed by atoms with Crippen LogP contribution in [0.15, 0.2) is 29.1 Å². The largest absolute Gasteiger partial charge is 0.465 e. The average Bonchev–Trinajstić information content (AvgIpc) is 3.17. The molecular weight excluding hydrogens is 414 g/mol. The van der Waals surface area contributed by atoms with Crippen molar-refractivity contribution in [1.29, 1.82) is 0 Å². The van der Waals surface area contributed by atoms with Crippen LogP contribution in [0.25, 0.3) is 5.65 Å². The molecule has 0 atom stereocenters. The number of hydrogen-bond acceptors (Lipinski definition) is 7. The number of esters is 1. The Bertz CT molecular complexity index is 1240. The van der Waals surface area contributed by atoms with Crippen molar-refractivity contribution in [1.82, 2.24) is 14.6 Å². The molecule has 0 aliphatic carbocycles. The summed E-state index contributed by atoms with van der Waals surface area (Å²) in [5.41, 5.74) is 3.84. The summed E-state index contributed by atoms with van der Waals surface area (Å²) < 4.78 is 11.9. The Balaban J connectivity index is 1.59. The van der Waals surface area contributed by atoms with Gasteiger partial charge in [-0.1, -0.05) is 0 Å². The van der Waals surface area contributed by atoms with Crippen LogP contribution >= 0.6 is 0 Å². The van der Waals surface area contributed by atoms with Crippen LogP contribution < -0.4 is 15.8 Å². The highest BCUT2D eigenvalue weighted by Crippen LogP contribution is 2.25. The molecule has 1 aromatic carbocycles. The number of aromatic nitrogens is 3. The van der Waals surface area contributed by atoms with Gasteiger partial charge < -0.3 is 19.7 Å². The maximum Gasteiger partial charge on any atom is 0.340 e. The lowest BCUT2D eigenvalue weighted by molar-refractivity contribution is -0.115. The van der Waals surface area contributed by atoms with E-state index in [9.17, 15) is 14.4 Å². The molecule has 168 valence electrons. The van der Waals surface area contributed by atoms with Gasteiger partial charge in [-0.2, -0.15) is 0 Å². The number of nitrogens with one attached hydrogen (secondary N) is 2. The molecule has 0 spiro atoms. The van der Waals surface area contributed by atoms with Crippen LogP contribution in [0.1, 0.15) is 27.3 Å². The zero-order valence-electron chi connectivity index (χ0n) is 18.2. The molecule has 2 N–H and O–H groups in total. The van der Waals surface area contributed by atoms with E-state index in [1.165, 1.54) is 13.2 Å². The molecule has 0 bridgehead atoms. The Morgan fingerprint density at radius 2 is 1.97 bits per heavy atom. The van der Waals surface area contributed by atoms with Gasteiger partial charge in [0.05, 0.1) is 38.0 Å². The van der Waals surface area contributed by atoms with Crippen molar-refractivity contribution in [3.63, 3.8) is 0 Å². The van der Waals surface area contributed by atoms with Gasteiger partial charge in [-0.3, -0.25) is 14.7 Å². The number of anilines is 2. The van der Waals surface area contributed by atoms with Crippen molar-refractivity contribution in [2.24, 2.45) is 0 Å². The summed E-state index contributed by atoms with van der Waals surface area (Å²) >= 11 is 0. The van der Waals surface area contributed by atoms with Gasteiger partial charge in [0.15, 0.2) is 5.65 Å². The van der Waals surface area contributed by atoms with E-state index in [1.807, 2.05) is 13.0 Å². The summed E-state index contributed by atoms with van der Waals surface area (Å²) in [6, 6.07) is 6.70. The molecule has 10 nitrogen and oxygen atoms in total. The summed E-state index contributed by atoms with van der Waals surface area (Å²) in [5.74, 6) is -0.841. The first kappa shape index (κ1) is 21.6. The van der Waals surface area contributed by atoms with Crippen LogP contribution in [0.5, 0.6) is 0 Å². The first-order valence-corrected chi connectivity index (χ1v) is 10.3. The van der Waals surface area contributed by atoms with Crippen LogP contribution in [0.2, 0.25) is 0 Å². The number of benzene rings is 1. The number of ether oxygens (including phenoxy) is 2. The minimum Gasteiger partial charge on any atom is -0.465 e. The van der Waals surface area contributed by atoms with Crippen LogP contribution in [-0.4, -0.2) is 59.9 Å².